The zero-order valence-corrected chi connectivity index (χ0v) is 12.9. The summed E-state index contributed by atoms with van der Waals surface area (Å²) in [5.74, 6) is 0.846. The van der Waals surface area contributed by atoms with E-state index in [4.69, 9.17) is 10.5 Å². The Hall–Kier alpha value is -0.840. The van der Waals surface area contributed by atoms with Crippen LogP contribution in [0.25, 0.3) is 0 Å². The molecule has 18 heavy (non-hydrogen) atoms. The molecule has 0 fully saturated rings. The smallest absolute Gasteiger partial charge is 0.120 e. The van der Waals surface area contributed by atoms with Gasteiger partial charge in [-0.05, 0) is 29.8 Å². The molecule has 0 unspecified atom stereocenters. The summed E-state index contributed by atoms with van der Waals surface area (Å²) in [6.45, 7) is 1.08. The third-order valence-electron chi connectivity index (χ3n) is 2.54. The Kier molecular flexibility index (Phi) is 4.80. The molecule has 0 atom stereocenters. The molecule has 2 aromatic rings. The van der Waals surface area contributed by atoms with E-state index in [2.05, 4.69) is 31.9 Å². The fourth-order valence-electron chi connectivity index (χ4n) is 1.55. The molecule has 4 heteroatoms. The van der Waals surface area contributed by atoms with Gasteiger partial charge in [-0.1, -0.05) is 50.1 Å². The number of hydrogen-bond donors (Lipinski definition) is 1. The summed E-state index contributed by atoms with van der Waals surface area (Å²) >= 11 is 6.95. The van der Waals surface area contributed by atoms with Crippen molar-refractivity contribution in [3.8, 4) is 5.75 Å². The zero-order valence-electron chi connectivity index (χ0n) is 9.70. The number of ether oxygens (including phenoxy) is 1. The summed E-state index contributed by atoms with van der Waals surface area (Å²) in [4.78, 5) is 0. The van der Waals surface area contributed by atoms with Gasteiger partial charge in [-0.25, -0.2) is 0 Å². The van der Waals surface area contributed by atoms with Crippen LogP contribution in [0.4, 0.5) is 0 Å². The van der Waals surface area contributed by atoms with Crippen LogP contribution in [-0.2, 0) is 13.2 Å². The Balaban J connectivity index is 2.06. The van der Waals surface area contributed by atoms with Crippen LogP contribution in [0.1, 0.15) is 11.1 Å². The lowest BCUT2D eigenvalue weighted by molar-refractivity contribution is 0.305. The molecule has 0 saturated heterocycles. The molecule has 2 N–H and O–H groups in total. The van der Waals surface area contributed by atoms with Gasteiger partial charge >= 0.3 is 0 Å². The van der Waals surface area contributed by atoms with Crippen LogP contribution in [0, 0.1) is 0 Å². The first kappa shape index (κ1) is 13.6. The van der Waals surface area contributed by atoms with Gasteiger partial charge in [-0.2, -0.15) is 0 Å². The van der Waals surface area contributed by atoms with Crippen LogP contribution in [-0.4, -0.2) is 0 Å². The maximum Gasteiger partial charge on any atom is 0.120 e. The zero-order chi connectivity index (χ0) is 13.0. The molecule has 2 aromatic carbocycles. The minimum atomic E-state index is 0.530. The number of nitrogens with two attached hydrogens (primary N) is 1. The van der Waals surface area contributed by atoms with Crippen LogP contribution in [0.3, 0.4) is 0 Å². The molecular formula is C14H13Br2NO. The summed E-state index contributed by atoms with van der Waals surface area (Å²) in [5.41, 5.74) is 7.80. The van der Waals surface area contributed by atoms with E-state index in [0.717, 1.165) is 25.8 Å². The Morgan fingerprint density at radius 3 is 2.56 bits per heavy atom. The molecule has 0 saturated carbocycles. The predicted octanol–water partition coefficient (Wildman–Crippen LogP) is 4.25. The molecule has 94 valence electrons. The van der Waals surface area contributed by atoms with Gasteiger partial charge in [0.2, 0.25) is 0 Å². The Labute approximate surface area is 123 Å². The van der Waals surface area contributed by atoms with Gasteiger partial charge in [0, 0.05) is 21.1 Å². The van der Waals surface area contributed by atoms with Gasteiger partial charge in [0.05, 0.1) is 0 Å². The predicted molar refractivity (Wildman–Crippen MR) is 80.5 cm³/mol. The highest BCUT2D eigenvalue weighted by Crippen LogP contribution is 2.22. The highest BCUT2D eigenvalue weighted by atomic mass is 79.9. The number of halogens is 2. The van der Waals surface area contributed by atoms with Crippen molar-refractivity contribution in [2.24, 2.45) is 5.73 Å². The van der Waals surface area contributed by atoms with Gasteiger partial charge in [0.25, 0.3) is 0 Å². The number of rotatable bonds is 4. The summed E-state index contributed by atoms with van der Waals surface area (Å²) in [7, 11) is 0. The third kappa shape index (κ3) is 3.57. The van der Waals surface area contributed by atoms with Crippen LogP contribution in [0.5, 0.6) is 5.75 Å². The minimum Gasteiger partial charge on any atom is -0.489 e. The van der Waals surface area contributed by atoms with Crippen molar-refractivity contribution < 1.29 is 4.74 Å². The second kappa shape index (κ2) is 6.36. The lowest BCUT2D eigenvalue weighted by Gasteiger charge is -2.09. The van der Waals surface area contributed by atoms with E-state index in [-0.39, 0.29) is 0 Å². The SMILES string of the molecule is NCc1ccc(COc2cccc(Br)c2)c(Br)c1. The van der Waals surface area contributed by atoms with E-state index in [1.165, 1.54) is 0 Å². The lowest BCUT2D eigenvalue weighted by atomic mass is 10.1. The standard InChI is InChI=1S/C14H13Br2NO/c15-12-2-1-3-13(7-12)18-9-11-5-4-10(8-17)6-14(11)16/h1-7H,8-9,17H2. The molecule has 2 rings (SSSR count). The molecular weight excluding hydrogens is 358 g/mol. The van der Waals surface area contributed by atoms with Crippen molar-refractivity contribution in [2.45, 2.75) is 13.2 Å². The van der Waals surface area contributed by atoms with Gasteiger partial charge in [0.15, 0.2) is 0 Å². The second-order valence-corrected chi connectivity index (χ2v) is 5.65. The molecule has 0 aliphatic rings. The van der Waals surface area contributed by atoms with E-state index in [0.29, 0.717) is 13.2 Å². The first-order valence-corrected chi connectivity index (χ1v) is 7.13. The largest absolute Gasteiger partial charge is 0.489 e. The highest BCUT2D eigenvalue weighted by molar-refractivity contribution is 9.10. The van der Waals surface area contributed by atoms with Crippen molar-refractivity contribution in [3.05, 3.63) is 62.5 Å². The second-order valence-electron chi connectivity index (χ2n) is 3.88. The van der Waals surface area contributed by atoms with Crippen LogP contribution >= 0.6 is 31.9 Å². The number of hydrogen-bond acceptors (Lipinski definition) is 2. The lowest BCUT2D eigenvalue weighted by Crippen LogP contribution is -2.00. The average molecular weight is 371 g/mol. The van der Waals surface area contributed by atoms with Crippen molar-refractivity contribution in [1.82, 2.24) is 0 Å². The summed E-state index contributed by atoms with van der Waals surface area (Å²) in [5, 5.41) is 0. The van der Waals surface area contributed by atoms with Crippen molar-refractivity contribution in [1.29, 1.82) is 0 Å². The fourth-order valence-corrected chi connectivity index (χ4v) is 2.47. The van der Waals surface area contributed by atoms with E-state index in [1.54, 1.807) is 0 Å². The van der Waals surface area contributed by atoms with Crippen LogP contribution in [0.15, 0.2) is 51.4 Å². The highest BCUT2D eigenvalue weighted by Gasteiger charge is 2.02. The maximum atomic E-state index is 5.74. The normalized spacial score (nSPS) is 10.4. The van der Waals surface area contributed by atoms with Gasteiger partial charge in [-0.3, -0.25) is 0 Å². The number of benzene rings is 2. The van der Waals surface area contributed by atoms with Gasteiger partial charge < -0.3 is 10.5 Å². The summed E-state index contributed by atoms with van der Waals surface area (Å²) in [6.07, 6.45) is 0. The van der Waals surface area contributed by atoms with E-state index in [1.807, 2.05) is 42.5 Å². The van der Waals surface area contributed by atoms with Crippen molar-refractivity contribution in [2.75, 3.05) is 0 Å². The van der Waals surface area contributed by atoms with E-state index in [9.17, 15) is 0 Å². The monoisotopic (exact) mass is 369 g/mol. The molecule has 0 bridgehead atoms. The molecule has 0 aliphatic carbocycles. The molecule has 0 amide bonds. The molecule has 0 spiro atoms. The van der Waals surface area contributed by atoms with Crippen LogP contribution in [0.2, 0.25) is 0 Å². The molecule has 0 aliphatic heterocycles. The summed E-state index contributed by atoms with van der Waals surface area (Å²) in [6, 6.07) is 13.9. The minimum absolute atomic E-state index is 0.530. The molecule has 0 aromatic heterocycles. The third-order valence-corrected chi connectivity index (χ3v) is 3.78. The topological polar surface area (TPSA) is 35.2 Å². The fraction of sp³-hybridized carbons (Fsp3) is 0.143. The first-order valence-electron chi connectivity index (χ1n) is 5.55. The van der Waals surface area contributed by atoms with Gasteiger partial charge in [0.1, 0.15) is 12.4 Å². The first-order chi connectivity index (χ1) is 8.69. The molecule has 2 nitrogen and oxygen atoms in total. The Bertz CT molecular complexity index is 543. The Morgan fingerprint density at radius 1 is 1.06 bits per heavy atom. The molecule has 0 heterocycles. The molecule has 0 radical (unpaired) electrons. The van der Waals surface area contributed by atoms with Crippen LogP contribution < -0.4 is 10.5 Å². The van der Waals surface area contributed by atoms with Crippen molar-refractivity contribution in [3.63, 3.8) is 0 Å². The average Bonchev–Trinajstić information content (AvgIpc) is 2.37. The summed E-state index contributed by atoms with van der Waals surface area (Å²) < 4.78 is 7.78. The quantitative estimate of drug-likeness (QED) is 0.873. The van der Waals surface area contributed by atoms with E-state index < -0.39 is 0 Å². The van der Waals surface area contributed by atoms with E-state index >= 15 is 0 Å². The Morgan fingerprint density at radius 2 is 1.89 bits per heavy atom. The van der Waals surface area contributed by atoms with Crippen molar-refractivity contribution >= 4 is 31.9 Å². The van der Waals surface area contributed by atoms with Gasteiger partial charge in [-0.15, -0.1) is 0 Å². The maximum absolute atomic E-state index is 5.74.